The lowest BCUT2D eigenvalue weighted by molar-refractivity contribution is -0.385. The maximum atomic E-state index is 11.8. The molecule has 0 saturated heterocycles. The molecule has 0 aromatic heterocycles. The molecule has 0 bridgehead atoms. The topological polar surface area (TPSA) is 210 Å². The van der Waals surface area contributed by atoms with E-state index in [1.165, 1.54) is 48.5 Å². The average molecular weight is 444 g/mol. The van der Waals surface area contributed by atoms with Gasteiger partial charge in [0.15, 0.2) is 12.2 Å². The zero-order valence-corrected chi connectivity index (χ0v) is 16.1. The van der Waals surface area contributed by atoms with Gasteiger partial charge in [0.1, 0.15) is 0 Å². The summed E-state index contributed by atoms with van der Waals surface area (Å²) in [6.45, 7) is 0. The van der Waals surface area contributed by atoms with Gasteiger partial charge in [0.25, 0.3) is 23.2 Å². The van der Waals surface area contributed by atoms with Gasteiger partial charge < -0.3 is 10.2 Å². The quantitative estimate of drug-likeness (QED) is 0.231. The van der Waals surface area contributed by atoms with Crippen LogP contribution in [0.25, 0.3) is 0 Å². The Morgan fingerprint density at radius 2 is 1.06 bits per heavy atom. The lowest BCUT2D eigenvalue weighted by atomic mass is 10.2. The van der Waals surface area contributed by atoms with Crippen LogP contribution in [-0.4, -0.2) is 56.5 Å². The molecule has 2 atom stereocenters. The Kier molecular flexibility index (Phi) is 8.15. The molecule has 0 heterocycles. The molecule has 32 heavy (non-hydrogen) atoms. The number of carbonyl (C=O) groups excluding carboxylic acids is 2. The maximum absolute atomic E-state index is 11.8. The van der Waals surface area contributed by atoms with Crippen LogP contribution in [0.3, 0.4) is 0 Å². The second-order valence-corrected chi connectivity index (χ2v) is 6.06. The van der Waals surface area contributed by atoms with Crippen molar-refractivity contribution >= 4 is 35.6 Å². The standard InChI is InChI=1S/C18H16N6O8/c25-15(17(27)21-19-9-11-1-5-13(6-2-11)23(29)30)16(26)18(28)22-20-10-12-3-7-14(8-4-12)24(31)32/h1-10,15-16,25-26H,(H,21,27)(H,22,28)/b19-9+,20-10+/t15-,16-/m0/s1. The third-order valence-corrected chi connectivity index (χ3v) is 3.82. The Labute approximate surface area is 179 Å². The predicted octanol–water partition coefficient (Wildman–Crippen LogP) is -0.175. The smallest absolute Gasteiger partial charge is 0.272 e. The summed E-state index contributed by atoms with van der Waals surface area (Å²) in [4.78, 5) is 43.6. The number of rotatable bonds is 9. The van der Waals surface area contributed by atoms with E-state index < -0.39 is 33.9 Å². The van der Waals surface area contributed by atoms with Gasteiger partial charge in [-0.3, -0.25) is 29.8 Å². The van der Waals surface area contributed by atoms with Gasteiger partial charge >= 0.3 is 0 Å². The average Bonchev–Trinajstić information content (AvgIpc) is 2.78. The van der Waals surface area contributed by atoms with Crippen LogP contribution >= 0.6 is 0 Å². The summed E-state index contributed by atoms with van der Waals surface area (Å²) in [5, 5.41) is 47.7. The number of hydrogen-bond acceptors (Lipinski definition) is 10. The molecular formula is C18H16N6O8. The molecule has 166 valence electrons. The number of nitro benzene ring substituents is 2. The number of benzene rings is 2. The fourth-order valence-electron chi connectivity index (χ4n) is 2.12. The van der Waals surface area contributed by atoms with Crippen molar-refractivity contribution in [3.05, 3.63) is 79.9 Å². The highest BCUT2D eigenvalue weighted by Crippen LogP contribution is 2.11. The minimum Gasteiger partial charge on any atom is -0.380 e. The van der Waals surface area contributed by atoms with E-state index in [9.17, 15) is 40.0 Å². The summed E-state index contributed by atoms with van der Waals surface area (Å²) in [6, 6.07) is 10.4. The Morgan fingerprint density at radius 1 is 0.750 bits per heavy atom. The van der Waals surface area contributed by atoms with Gasteiger partial charge in [0.05, 0.1) is 22.3 Å². The Balaban J connectivity index is 1.84. The molecule has 4 N–H and O–H groups in total. The van der Waals surface area contributed by atoms with Crippen molar-refractivity contribution in [2.75, 3.05) is 0 Å². The summed E-state index contributed by atoms with van der Waals surface area (Å²) in [7, 11) is 0. The number of amides is 2. The SMILES string of the molecule is O=C(N/N=C/c1ccc([N+](=O)[O-])cc1)[C@@H](O)[C@H](O)C(=O)N/N=C/c1ccc([N+](=O)[O-])cc1. The zero-order valence-electron chi connectivity index (χ0n) is 16.1. The van der Waals surface area contributed by atoms with Crippen molar-refractivity contribution in [1.29, 1.82) is 0 Å². The fraction of sp³-hybridized carbons (Fsp3) is 0.111. The lowest BCUT2D eigenvalue weighted by Gasteiger charge is -2.14. The van der Waals surface area contributed by atoms with Crippen molar-refractivity contribution in [2.24, 2.45) is 10.2 Å². The van der Waals surface area contributed by atoms with Gasteiger partial charge in [-0.05, 0) is 35.4 Å². The molecule has 2 amide bonds. The molecule has 0 spiro atoms. The second-order valence-electron chi connectivity index (χ2n) is 6.06. The van der Waals surface area contributed by atoms with Crippen LogP contribution in [0.4, 0.5) is 11.4 Å². The molecule has 2 aromatic rings. The van der Waals surface area contributed by atoms with E-state index in [1.807, 2.05) is 10.9 Å². The molecule has 0 radical (unpaired) electrons. The first-order chi connectivity index (χ1) is 15.2. The zero-order chi connectivity index (χ0) is 23.7. The number of non-ortho nitro benzene ring substituents is 2. The Morgan fingerprint density at radius 3 is 1.34 bits per heavy atom. The van der Waals surface area contributed by atoms with Crippen LogP contribution in [0.15, 0.2) is 58.7 Å². The number of hydrazone groups is 2. The molecule has 0 aliphatic rings. The van der Waals surface area contributed by atoms with Crippen molar-refractivity contribution < 1.29 is 29.6 Å². The molecule has 14 nitrogen and oxygen atoms in total. The molecular weight excluding hydrogens is 428 g/mol. The normalized spacial score (nSPS) is 12.9. The minimum absolute atomic E-state index is 0.132. The molecule has 0 aliphatic carbocycles. The lowest BCUT2D eigenvalue weighted by Crippen LogP contribution is -2.47. The van der Waals surface area contributed by atoms with E-state index in [0.29, 0.717) is 11.1 Å². The summed E-state index contributed by atoms with van der Waals surface area (Å²) in [6.07, 6.45) is -2.07. The van der Waals surface area contributed by atoms with Crippen LogP contribution < -0.4 is 10.9 Å². The van der Waals surface area contributed by atoms with Crippen LogP contribution in [0.5, 0.6) is 0 Å². The first-order valence-corrected chi connectivity index (χ1v) is 8.70. The van der Waals surface area contributed by atoms with E-state index in [4.69, 9.17) is 0 Å². The highest BCUT2D eigenvalue weighted by atomic mass is 16.6. The van der Waals surface area contributed by atoms with Crippen LogP contribution in [0.2, 0.25) is 0 Å². The van der Waals surface area contributed by atoms with E-state index in [-0.39, 0.29) is 11.4 Å². The van der Waals surface area contributed by atoms with E-state index in [1.54, 1.807) is 0 Å². The monoisotopic (exact) mass is 444 g/mol. The third-order valence-electron chi connectivity index (χ3n) is 3.82. The third kappa shape index (κ3) is 6.75. The first kappa shape index (κ1) is 23.7. The minimum atomic E-state index is -2.17. The number of carbonyl (C=O) groups is 2. The van der Waals surface area contributed by atoms with Gasteiger partial charge in [-0.25, -0.2) is 10.9 Å². The summed E-state index contributed by atoms with van der Waals surface area (Å²) in [5.74, 6) is -2.38. The first-order valence-electron chi connectivity index (χ1n) is 8.70. The van der Waals surface area contributed by atoms with Gasteiger partial charge in [-0.1, -0.05) is 0 Å². The van der Waals surface area contributed by atoms with Crippen molar-refractivity contribution in [2.45, 2.75) is 12.2 Å². The molecule has 2 aromatic carbocycles. The highest BCUT2D eigenvalue weighted by Gasteiger charge is 2.30. The number of nitro groups is 2. The van der Waals surface area contributed by atoms with Crippen LogP contribution in [-0.2, 0) is 9.59 Å². The van der Waals surface area contributed by atoms with E-state index in [2.05, 4.69) is 10.2 Å². The van der Waals surface area contributed by atoms with Gasteiger partial charge in [-0.15, -0.1) is 0 Å². The molecule has 0 saturated carbocycles. The molecule has 2 rings (SSSR count). The number of aliphatic hydroxyl groups is 2. The largest absolute Gasteiger partial charge is 0.380 e. The summed E-state index contributed by atoms with van der Waals surface area (Å²) in [5.41, 5.74) is 4.38. The van der Waals surface area contributed by atoms with Gasteiger partial charge in [0, 0.05) is 24.3 Å². The van der Waals surface area contributed by atoms with Crippen molar-refractivity contribution in [1.82, 2.24) is 10.9 Å². The number of hydrogen-bond donors (Lipinski definition) is 4. The molecule has 0 fully saturated rings. The Bertz CT molecular complexity index is 967. The second kappa shape index (κ2) is 11.0. The van der Waals surface area contributed by atoms with Gasteiger partial charge in [0.2, 0.25) is 0 Å². The molecule has 0 aliphatic heterocycles. The highest BCUT2D eigenvalue weighted by molar-refractivity contribution is 5.92. The van der Waals surface area contributed by atoms with Crippen LogP contribution in [0.1, 0.15) is 11.1 Å². The number of nitrogens with one attached hydrogen (secondary N) is 2. The predicted molar refractivity (Wildman–Crippen MR) is 110 cm³/mol. The summed E-state index contributed by atoms with van der Waals surface area (Å²) < 4.78 is 0. The molecule has 0 unspecified atom stereocenters. The summed E-state index contributed by atoms with van der Waals surface area (Å²) >= 11 is 0. The number of nitrogens with zero attached hydrogens (tertiary/aromatic N) is 4. The van der Waals surface area contributed by atoms with Gasteiger partial charge in [-0.2, -0.15) is 10.2 Å². The molecule has 14 heteroatoms. The fourth-order valence-corrected chi connectivity index (χ4v) is 2.12. The van der Waals surface area contributed by atoms with Crippen molar-refractivity contribution in [3.8, 4) is 0 Å². The van der Waals surface area contributed by atoms with E-state index >= 15 is 0 Å². The van der Waals surface area contributed by atoms with Crippen LogP contribution in [0, 0.1) is 20.2 Å². The number of aliphatic hydroxyl groups excluding tert-OH is 2. The van der Waals surface area contributed by atoms with Crippen molar-refractivity contribution in [3.63, 3.8) is 0 Å². The maximum Gasteiger partial charge on any atom is 0.272 e. The van der Waals surface area contributed by atoms with E-state index in [0.717, 1.165) is 12.4 Å². The Hall–Kier alpha value is -4.56.